The van der Waals surface area contributed by atoms with Crippen LogP contribution < -0.4 is 5.32 Å². The molecule has 0 aromatic heterocycles. The largest absolute Gasteiger partial charge is 0.371 e. The van der Waals surface area contributed by atoms with Crippen molar-refractivity contribution < 1.29 is 19.0 Å². The molecule has 2 fully saturated rings. The van der Waals surface area contributed by atoms with Crippen LogP contribution in [-0.2, 0) is 25.6 Å². The average Bonchev–Trinajstić information content (AvgIpc) is 3.41. The molecule has 2 aliphatic heterocycles. The summed E-state index contributed by atoms with van der Waals surface area (Å²) >= 11 is 0. The lowest BCUT2D eigenvalue weighted by Crippen LogP contribution is -2.53. The topological polar surface area (TPSA) is 81.5 Å². The van der Waals surface area contributed by atoms with Crippen LogP contribution in [0, 0.1) is 12.3 Å². The van der Waals surface area contributed by atoms with Gasteiger partial charge in [-0.1, -0.05) is 30.3 Å². The van der Waals surface area contributed by atoms with Crippen LogP contribution in [0.4, 0.5) is 0 Å². The fourth-order valence-corrected chi connectivity index (χ4v) is 4.25. The van der Waals surface area contributed by atoms with Gasteiger partial charge in [0, 0.05) is 38.5 Å². The number of nitrogens with one attached hydrogen (secondary N) is 1. The quantitative estimate of drug-likeness (QED) is 0.632. The Labute approximate surface area is 177 Å². The van der Waals surface area contributed by atoms with Crippen LogP contribution in [0.5, 0.6) is 0 Å². The monoisotopic (exact) mass is 411 g/mol. The number of amides is 1. The number of carbonyl (C=O) groups is 1. The van der Waals surface area contributed by atoms with E-state index >= 15 is 0 Å². The van der Waals surface area contributed by atoms with Crippen molar-refractivity contribution in [2.75, 3.05) is 13.2 Å². The fourth-order valence-electron chi connectivity index (χ4n) is 4.25. The summed E-state index contributed by atoms with van der Waals surface area (Å²) in [4.78, 5) is 12.6. The van der Waals surface area contributed by atoms with Crippen LogP contribution in [0.25, 0.3) is 0 Å². The predicted molar refractivity (Wildman–Crippen MR) is 110 cm³/mol. The number of carbonyl (C=O) groups excluding carboxylic acids is 1. The summed E-state index contributed by atoms with van der Waals surface area (Å²) in [6.07, 6.45) is 9.57. The second kappa shape index (κ2) is 9.25. The smallest absolute Gasteiger partial charge is 0.220 e. The Balaban J connectivity index is 1.32. The van der Waals surface area contributed by atoms with Gasteiger partial charge < -0.3 is 19.5 Å². The Kier molecular flexibility index (Phi) is 6.47. The molecule has 2 heterocycles. The fraction of sp³-hybridized carbons (Fsp3) is 0.609. The van der Waals surface area contributed by atoms with Crippen LogP contribution in [-0.4, -0.2) is 42.7 Å². The van der Waals surface area contributed by atoms with Crippen molar-refractivity contribution in [2.24, 2.45) is 10.2 Å². The van der Waals surface area contributed by atoms with E-state index < -0.39 is 11.4 Å². The summed E-state index contributed by atoms with van der Waals surface area (Å²) in [5.41, 5.74) is 0.664. The van der Waals surface area contributed by atoms with E-state index in [0.29, 0.717) is 51.9 Å². The molecule has 1 saturated heterocycles. The van der Waals surface area contributed by atoms with E-state index in [-0.39, 0.29) is 18.1 Å². The van der Waals surface area contributed by atoms with Gasteiger partial charge in [0.05, 0.1) is 32.0 Å². The molecule has 1 aromatic rings. The SMILES string of the molecule is C#CCCC1(CCC(=O)NC2CCC3(CC2OCc2ccccc2)OCCO3)N=N1. The highest BCUT2D eigenvalue weighted by atomic mass is 16.7. The predicted octanol–water partition coefficient (Wildman–Crippen LogP) is 3.34. The Bertz CT molecular complexity index is 792. The molecular formula is C23H29N3O4. The minimum absolute atomic E-state index is 0.00472. The van der Waals surface area contributed by atoms with Gasteiger partial charge in [0.15, 0.2) is 11.4 Å². The summed E-state index contributed by atoms with van der Waals surface area (Å²) in [6, 6.07) is 9.97. The van der Waals surface area contributed by atoms with Crippen molar-refractivity contribution in [1.82, 2.24) is 5.32 Å². The number of hydrogen-bond donors (Lipinski definition) is 1. The Morgan fingerprint density at radius 2 is 2.00 bits per heavy atom. The standard InChI is InChI=1S/C23H29N3O4/c1-2-3-11-22(25-26-22)12-10-21(27)24-19-9-13-23(29-14-15-30-23)16-20(19)28-17-18-7-5-4-6-8-18/h1,4-8,19-20H,3,9-17H2,(H,24,27). The molecule has 1 aromatic carbocycles. The molecule has 1 amide bonds. The van der Waals surface area contributed by atoms with E-state index in [1.54, 1.807) is 0 Å². The zero-order valence-corrected chi connectivity index (χ0v) is 17.2. The molecule has 0 radical (unpaired) electrons. The van der Waals surface area contributed by atoms with Gasteiger partial charge in [-0.25, -0.2) is 0 Å². The van der Waals surface area contributed by atoms with Crippen molar-refractivity contribution in [3.8, 4) is 12.3 Å². The molecule has 1 saturated carbocycles. The first-order valence-corrected chi connectivity index (χ1v) is 10.7. The Morgan fingerprint density at radius 3 is 2.70 bits per heavy atom. The van der Waals surface area contributed by atoms with Gasteiger partial charge in [-0.05, 0) is 12.0 Å². The zero-order valence-electron chi connectivity index (χ0n) is 17.2. The van der Waals surface area contributed by atoms with Crippen molar-refractivity contribution in [3.63, 3.8) is 0 Å². The highest BCUT2D eigenvalue weighted by molar-refractivity contribution is 5.76. The second-order valence-corrected chi connectivity index (χ2v) is 8.25. The first kappa shape index (κ1) is 21.0. The van der Waals surface area contributed by atoms with Crippen LogP contribution in [0.3, 0.4) is 0 Å². The van der Waals surface area contributed by atoms with Gasteiger partial charge in [0.25, 0.3) is 0 Å². The van der Waals surface area contributed by atoms with Crippen molar-refractivity contribution in [1.29, 1.82) is 0 Å². The zero-order chi connectivity index (χ0) is 20.9. The van der Waals surface area contributed by atoms with Gasteiger partial charge >= 0.3 is 0 Å². The minimum atomic E-state index is -0.576. The normalized spacial score (nSPS) is 25.7. The minimum Gasteiger partial charge on any atom is -0.371 e. The van der Waals surface area contributed by atoms with Crippen LogP contribution in [0.15, 0.2) is 40.6 Å². The molecule has 4 rings (SSSR count). The highest BCUT2D eigenvalue weighted by Gasteiger charge is 2.46. The van der Waals surface area contributed by atoms with Crippen LogP contribution >= 0.6 is 0 Å². The third-order valence-electron chi connectivity index (χ3n) is 6.07. The maximum Gasteiger partial charge on any atom is 0.220 e. The molecule has 2 atom stereocenters. The Morgan fingerprint density at radius 1 is 1.23 bits per heavy atom. The molecule has 160 valence electrons. The van der Waals surface area contributed by atoms with E-state index in [9.17, 15) is 4.79 Å². The van der Waals surface area contributed by atoms with E-state index in [1.165, 1.54) is 0 Å². The maximum absolute atomic E-state index is 12.6. The van der Waals surface area contributed by atoms with Gasteiger partial charge in [-0.3, -0.25) is 4.79 Å². The number of rotatable bonds is 9. The molecule has 1 aliphatic carbocycles. The van der Waals surface area contributed by atoms with Gasteiger partial charge in [-0.2, -0.15) is 10.2 Å². The Hall–Kier alpha value is -2.27. The number of benzene rings is 1. The summed E-state index contributed by atoms with van der Waals surface area (Å²) < 4.78 is 18.0. The lowest BCUT2D eigenvalue weighted by Gasteiger charge is -2.41. The van der Waals surface area contributed by atoms with Crippen molar-refractivity contribution in [3.05, 3.63) is 35.9 Å². The molecule has 1 spiro atoms. The first-order valence-electron chi connectivity index (χ1n) is 10.7. The summed E-state index contributed by atoms with van der Waals surface area (Å²) in [5.74, 6) is 2.03. The van der Waals surface area contributed by atoms with E-state index in [1.807, 2.05) is 30.3 Å². The molecule has 2 unspecified atom stereocenters. The van der Waals surface area contributed by atoms with Crippen LogP contribution in [0.1, 0.15) is 50.5 Å². The first-order chi connectivity index (χ1) is 14.6. The molecular weight excluding hydrogens is 382 g/mol. The third kappa shape index (κ3) is 5.25. The molecule has 0 bridgehead atoms. The molecule has 30 heavy (non-hydrogen) atoms. The number of nitrogens with zero attached hydrogens (tertiary/aromatic N) is 2. The van der Waals surface area contributed by atoms with Gasteiger partial charge in [0.1, 0.15) is 0 Å². The van der Waals surface area contributed by atoms with E-state index in [2.05, 4.69) is 21.5 Å². The van der Waals surface area contributed by atoms with E-state index in [0.717, 1.165) is 18.4 Å². The number of ether oxygens (including phenoxy) is 3. The summed E-state index contributed by atoms with van der Waals surface area (Å²) in [6.45, 7) is 1.70. The summed E-state index contributed by atoms with van der Waals surface area (Å²) in [5, 5.41) is 11.4. The molecule has 1 N–H and O–H groups in total. The lowest BCUT2D eigenvalue weighted by molar-refractivity contribution is -0.208. The van der Waals surface area contributed by atoms with Crippen molar-refractivity contribution >= 4 is 5.91 Å². The third-order valence-corrected chi connectivity index (χ3v) is 6.07. The average molecular weight is 412 g/mol. The van der Waals surface area contributed by atoms with Crippen molar-refractivity contribution in [2.45, 2.75) is 75.1 Å². The molecule has 7 nitrogen and oxygen atoms in total. The van der Waals surface area contributed by atoms with Gasteiger partial charge in [0.2, 0.25) is 5.91 Å². The van der Waals surface area contributed by atoms with Crippen LogP contribution in [0.2, 0.25) is 0 Å². The van der Waals surface area contributed by atoms with Gasteiger partial charge in [-0.15, -0.1) is 12.3 Å². The lowest BCUT2D eigenvalue weighted by atomic mass is 9.87. The van der Waals surface area contributed by atoms with E-state index in [4.69, 9.17) is 20.6 Å². The maximum atomic E-state index is 12.6. The number of terminal acetylenes is 1. The molecule has 7 heteroatoms. The summed E-state index contributed by atoms with van der Waals surface area (Å²) in [7, 11) is 0. The second-order valence-electron chi connectivity index (χ2n) is 8.25. The number of hydrogen-bond acceptors (Lipinski definition) is 6. The molecule has 3 aliphatic rings. The highest BCUT2D eigenvalue weighted by Crippen LogP contribution is 2.39.